The number of carbonyl (C=O) groups excluding carboxylic acids is 1. The van der Waals surface area contributed by atoms with E-state index in [4.69, 9.17) is 9.84 Å². The average molecular weight is 495 g/mol. The Morgan fingerprint density at radius 1 is 1.06 bits per heavy atom. The third kappa shape index (κ3) is 5.38. The summed E-state index contributed by atoms with van der Waals surface area (Å²) >= 11 is 5.10. The molecule has 4 rings (SSSR count). The largest absolute Gasteiger partial charge is 0.497 e. The van der Waals surface area contributed by atoms with Crippen LogP contribution in [0.25, 0.3) is 0 Å². The molecule has 0 aliphatic carbocycles. The molecule has 0 fully saturated rings. The number of amides is 1. The number of nitrogens with zero attached hydrogens (tertiary/aromatic N) is 2. The monoisotopic (exact) mass is 494 g/mol. The van der Waals surface area contributed by atoms with Crippen molar-refractivity contribution in [1.82, 2.24) is 5.01 Å². The number of hydrogen-bond acceptors (Lipinski definition) is 4. The van der Waals surface area contributed by atoms with E-state index in [-0.39, 0.29) is 11.9 Å². The number of rotatable bonds is 7. The van der Waals surface area contributed by atoms with E-state index >= 15 is 0 Å². The summed E-state index contributed by atoms with van der Waals surface area (Å²) in [4.78, 5) is 13.1. The lowest BCUT2D eigenvalue weighted by molar-refractivity contribution is -0.130. The van der Waals surface area contributed by atoms with Crippen molar-refractivity contribution in [2.75, 3.05) is 12.9 Å². The van der Waals surface area contributed by atoms with Crippen molar-refractivity contribution < 1.29 is 9.53 Å². The summed E-state index contributed by atoms with van der Waals surface area (Å²) in [7, 11) is 1.65. The minimum atomic E-state index is -0.116. The third-order valence-electron chi connectivity index (χ3n) is 5.18. The summed E-state index contributed by atoms with van der Waals surface area (Å²) < 4.78 is 6.31. The molecule has 0 saturated carbocycles. The third-order valence-corrected chi connectivity index (χ3v) is 6.70. The minimum Gasteiger partial charge on any atom is -0.497 e. The number of hydrogen-bond donors (Lipinski definition) is 0. The number of methoxy groups -OCH3 is 1. The Hall–Kier alpha value is -2.57. The van der Waals surface area contributed by atoms with Crippen molar-refractivity contribution in [3.63, 3.8) is 0 Å². The fourth-order valence-corrected chi connectivity index (χ4v) is 4.64. The van der Waals surface area contributed by atoms with Gasteiger partial charge in [0.25, 0.3) is 5.91 Å². The first kappa shape index (κ1) is 21.7. The highest BCUT2D eigenvalue weighted by Gasteiger charge is 2.32. The van der Waals surface area contributed by atoms with Crippen LogP contribution < -0.4 is 4.74 Å². The maximum absolute atomic E-state index is 13.1. The van der Waals surface area contributed by atoms with Gasteiger partial charge >= 0.3 is 0 Å². The maximum atomic E-state index is 13.1. The van der Waals surface area contributed by atoms with E-state index in [0.717, 1.165) is 32.8 Å². The van der Waals surface area contributed by atoms with Crippen LogP contribution in [0, 0.1) is 0 Å². The number of hydrazone groups is 1. The minimum absolute atomic E-state index is 0.0221. The van der Waals surface area contributed by atoms with Gasteiger partial charge in [0, 0.05) is 16.6 Å². The van der Waals surface area contributed by atoms with Crippen molar-refractivity contribution >= 4 is 39.3 Å². The number of carbonyl (C=O) groups is 1. The molecule has 1 amide bonds. The average Bonchev–Trinajstić information content (AvgIpc) is 3.26. The molecule has 3 aromatic carbocycles. The fourth-order valence-electron chi connectivity index (χ4n) is 3.54. The Labute approximate surface area is 195 Å². The highest BCUT2D eigenvalue weighted by Crippen LogP contribution is 2.34. The quantitative estimate of drug-likeness (QED) is 0.400. The predicted octanol–water partition coefficient (Wildman–Crippen LogP) is 6.07. The van der Waals surface area contributed by atoms with Gasteiger partial charge in [0.15, 0.2) is 0 Å². The van der Waals surface area contributed by atoms with Crippen molar-refractivity contribution in [3.8, 4) is 5.75 Å². The molecule has 0 N–H and O–H groups in total. The van der Waals surface area contributed by atoms with Gasteiger partial charge in [-0.15, -0.1) is 11.8 Å². The molecule has 0 bridgehead atoms. The van der Waals surface area contributed by atoms with Crippen molar-refractivity contribution in [2.24, 2.45) is 5.10 Å². The second-order valence-electron chi connectivity index (χ2n) is 7.26. The normalized spacial score (nSPS) is 15.6. The van der Waals surface area contributed by atoms with E-state index in [1.54, 1.807) is 23.9 Å². The van der Waals surface area contributed by atoms with Crippen LogP contribution >= 0.6 is 27.7 Å². The van der Waals surface area contributed by atoms with Gasteiger partial charge in [-0.05, 0) is 41.0 Å². The molecule has 31 heavy (non-hydrogen) atoms. The molecule has 0 unspecified atom stereocenters. The highest BCUT2D eigenvalue weighted by molar-refractivity contribution is 9.10. The van der Waals surface area contributed by atoms with Gasteiger partial charge in [-0.2, -0.15) is 5.10 Å². The van der Waals surface area contributed by atoms with Crippen molar-refractivity contribution in [2.45, 2.75) is 18.2 Å². The molecular weight excluding hydrogens is 472 g/mol. The first-order chi connectivity index (χ1) is 15.1. The topological polar surface area (TPSA) is 41.9 Å². The molecule has 0 saturated heterocycles. The van der Waals surface area contributed by atoms with Gasteiger partial charge in [0.05, 0.1) is 24.6 Å². The number of thioether (sulfide) groups is 1. The Balaban J connectivity index is 1.52. The SMILES string of the molecule is COc1ccc([C@H]2CC(c3ccc(Br)cc3)=NN2C(=O)CSCc2ccccc2)cc1. The molecule has 0 spiro atoms. The number of benzene rings is 3. The molecule has 1 atom stereocenters. The summed E-state index contributed by atoms with van der Waals surface area (Å²) in [6, 6.07) is 26.0. The van der Waals surface area contributed by atoms with E-state index < -0.39 is 0 Å². The van der Waals surface area contributed by atoms with Crippen LogP contribution in [0.4, 0.5) is 0 Å². The lowest BCUT2D eigenvalue weighted by atomic mass is 9.98. The van der Waals surface area contributed by atoms with Crippen molar-refractivity contribution in [3.05, 3.63) is 100 Å². The first-order valence-electron chi connectivity index (χ1n) is 10.0. The first-order valence-corrected chi connectivity index (χ1v) is 12.0. The molecular formula is C25H23BrN2O2S. The smallest absolute Gasteiger partial charge is 0.253 e. The second-order valence-corrected chi connectivity index (χ2v) is 9.16. The molecule has 1 aliphatic rings. The van der Waals surface area contributed by atoms with E-state index in [2.05, 4.69) is 28.1 Å². The number of ether oxygens (including phenoxy) is 1. The molecule has 158 valence electrons. The second kappa shape index (κ2) is 10.2. The summed E-state index contributed by atoms with van der Waals surface area (Å²) in [5.74, 6) is 2.01. The Morgan fingerprint density at radius 3 is 2.45 bits per heavy atom. The molecule has 3 aromatic rings. The molecule has 0 aromatic heterocycles. The highest BCUT2D eigenvalue weighted by atomic mass is 79.9. The van der Waals surface area contributed by atoms with E-state index in [9.17, 15) is 4.79 Å². The molecule has 1 heterocycles. The van der Waals surface area contributed by atoms with Gasteiger partial charge in [0.2, 0.25) is 0 Å². The van der Waals surface area contributed by atoms with E-state index in [1.165, 1.54) is 5.56 Å². The van der Waals surface area contributed by atoms with Gasteiger partial charge in [0.1, 0.15) is 5.75 Å². The maximum Gasteiger partial charge on any atom is 0.253 e. The van der Waals surface area contributed by atoms with Crippen LogP contribution in [0.5, 0.6) is 5.75 Å². The Kier molecular flexibility index (Phi) is 7.10. The van der Waals surface area contributed by atoms with Crippen molar-refractivity contribution in [1.29, 1.82) is 0 Å². The summed E-state index contributed by atoms with van der Waals surface area (Å²) in [6.07, 6.45) is 0.684. The predicted molar refractivity (Wildman–Crippen MR) is 130 cm³/mol. The number of halogens is 1. The summed E-state index contributed by atoms with van der Waals surface area (Å²) in [5, 5.41) is 6.42. The van der Waals surface area contributed by atoms with E-state index in [1.807, 2.05) is 66.7 Å². The van der Waals surface area contributed by atoms with Crippen LogP contribution in [-0.2, 0) is 10.5 Å². The Morgan fingerprint density at radius 2 is 1.77 bits per heavy atom. The van der Waals surface area contributed by atoms with Gasteiger partial charge in [-0.25, -0.2) is 5.01 Å². The zero-order chi connectivity index (χ0) is 21.6. The zero-order valence-corrected chi connectivity index (χ0v) is 19.6. The molecule has 6 heteroatoms. The standard InChI is InChI=1S/C25H23BrN2O2S/c1-30-22-13-9-20(10-14-22)24-15-23(19-7-11-21(26)12-8-19)27-28(24)25(29)17-31-16-18-5-3-2-4-6-18/h2-14,24H,15-17H2,1H3/t24-/m1/s1. The fraction of sp³-hybridized carbons (Fsp3) is 0.200. The van der Waals surface area contributed by atoms with Crippen LogP contribution in [0.2, 0.25) is 0 Å². The lowest BCUT2D eigenvalue weighted by Gasteiger charge is -2.22. The van der Waals surface area contributed by atoms with Gasteiger partial charge < -0.3 is 4.74 Å². The van der Waals surface area contributed by atoms with Crippen LogP contribution in [0.3, 0.4) is 0 Å². The molecule has 0 radical (unpaired) electrons. The van der Waals surface area contributed by atoms with Crippen LogP contribution in [-0.4, -0.2) is 29.5 Å². The summed E-state index contributed by atoms with van der Waals surface area (Å²) in [6.45, 7) is 0. The van der Waals surface area contributed by atoms with Gasteiger partial charge in [-0.1, -0.05) is 70.5 Å². The summed E-state index contributed by atoms with van der Waals surface area (Å²) in [5.41, 5.74) is 4.23. The van der Waals surface area contributed by atoms with E-state index in [0.29, 0.717) is 12.2 Å². The zero-order valence-electron chi connectivity index (χ0n) is 17.2. The Bertz CT molecular complexity index is 1050. The van der Waals surface area contributed by atoms with Crippen LogP contribution in [0.1, 0.15) is 29.2 Å². The molecule has 1 aliphatic heterocycles. The molecule has 4 nitrogen and oxygen atoms in total. The van der Waals surface area contributed by atoms with Gasteiger partial charge in [-0.3, -0.25) is 4.79 Å². The lowest BCUT2D eigenvalue weighted by Crippen LogP contribution is -2.28. The van der Waals surface area contributed by atoms with Crippen LogP contribution in [0.15, 0.2) is 88.4 Å².